The molecule has 0 aliphatic carbocycles. The lowest BCUT2D eigenvalue weighted by molar-refractivity contribution is -0.615. The van der Waals surface area contributed by atoms with E-state index in [-0.39, 0.29) is 28.6 Å². The lowest BCUT2D eigenvalue weighted by atomic mass is 10.0. The van der Waals surface area contributed by atoms with E-state index in [9.17, 15) is 15.2 Å². The van der Waals surface area contributed by atoms with Gasteiger partial charge in [-0.05, 0) is 40.6 Å². The Morgan fingerprint density at radius 3 is 2.60 bits per heavy atom. The summed E-state index contributed by atoms with van der Waals surface area (Å²) in [5, 5.41) is 40.4. The predicted molar refractivity (Wildman–Crippen MR) is 139 cm³/mol. The summed E-state index contributed by atoms with van der Waals surface area (Å²) < 4.78 is 19.5. The van der Waals surface area contributed by atoms with Crippen LogP contribution in [0.2, 0.25) is 5.02 Å². The van der Waals surface area contributed by atoms with E-state index in [2.05, 4.69) is 20.6 Å². The molecule has 0 spiro atoms. The van der Waals surface area contributed by atoms with Crippen molar-refractivity contribution in [1.82, 2.24) is 34.9 Å². The SMILES string of the molecule is O=C1CCCN1C[C@@H](c1ccc(-c2c(-n3cnnn3)ccc(Cl)c2F)c[n+]1[O-])n1cc(-c2cc[n+]([O-])cc2)cn1. The predicted octanol–water partition coefficient (Wildman–Crippen LogP) is 2.46. The summed E-state index contributed by atoms with van der Waals surface area (Å²) in [5.41, 5.74) is 2.43. The van der Waals surface area contributed by atoms with Crippen LogP contribution in [0.4, 0.5) is 4.39 Å². The van der Waals surface area contributed by atoms with E-state index in [0.29, 0.717) is 33.8 Å². The van der Waals surface area contributed by atoms with Crippen LogP contribution in [0.15, 0.2) is 73.7 Å². The Hall–Kier alpha value is -4.91. The van der Waals surface area contributed by atoms with Gasteiger partial charge in [0.15, 0.2) is 30.4 Å². The Labute approximate surface area is 231 Å². The van der Waals surface area contributed by atoms with Crippen LogP contribution >= 0.6 is 11.6 Å². The second kappa shape index (κ2) is 10.3. The molecule has 1 aromatic carbocycles. The van der Waals surface area contributed by atoms with E-state index in [4.69, 9.17) is 11.6 Å². The van der Waals surface area contributed by atoms with Crippen molar-refractivity contribution in [2.45, 2.75) is 18.9 Å². The summed E-state index contributed by atoms with van der Waals surface area (Å²) in [6.07, 6.45) is 9.91. The summed E-state index contributed by atoms with van der Waals surface area (Å²) in [6, 6.07) is 8.83. The van der Waals surface area contributed by atoms with Crippen LogP contribution in [0, 0.1) is 16.2 Å². The normalized spacial score (nSPS) is 14.2. The van der Waals surface area contributed by atoms with Crippen molar-refractivity contribution in [3.05, 3.63) is 101 Å². The molecule has 1 atom stereocenters. The fourth-order valence-electron chi connectivity index (χ4n) is 4.86. The highest BCUT2D eigenvalue weighted by Gasteiger charge is 2.31. The first kappa shape index (κ1) is 25.4. The highest BCUT2D eigenvalue weighted by Crippen LogP contribution is 2.33. The summed E-state index contributed by atoms with van der Waals surface area (Å²) in [4.78, 5) is 14.2. The second-order valence-electron chi connectivity index (χ2n) is 9.29. The van der Waals surface area contributed by atoms with Gasteiger partial charge in [0.2, 0.25) is 11.6 Å². The van der Waals surface area contributed by atoms with Gasteiger partial charge in [-0.25, -0.2) is 4.39 Å². The van der Waals surface area contributed by atoms with Crippen LogP contribution in [-0.4, -0.2) is 53.9 Å². The fraction of sp³-hybridized carbons (Fsp3) is 0.192. The van der Waals surface area contributed by atoms with Crippen molar-refractivity contribution in [3.8, 4) is 27.9 Å². The standard InChI is InChI=1S/C26H21ClFN9O3/c27-20-4-6-22(36-16-29-31-32-36)25(26(20)28)18-3-5-21(37(40)14-18)23(15-33-9-1-2-24(33)38)35-13-19(12-30-35)17-7-10-34(39)11-8-17/h3-8,10-14,16,23H,1-2,9,15H2/t23-/m0/s1. The van der Waals surface area contributed by atoms with Gasteiger partial charge in [0, 0.05) is 42.9 Å². The summed E-state index contributed by atoms with van der Waals surface area (Å²) in [6.45, 7) is 0.796. The largest absolute Gasteiger partial charge is 0.619 e. The molecule has 40 heavy (non-hydrogen) atoms. The lowest BCUT2D eigenvalue weighted by Crippen LogP contribution is -2.40. The van der Waals surface area contributed by atoms with Crippen molar-refractivity contribution in [2.75, 3.05) is 13.1 Å². The Kier molecular flexibility index (Phi) is 6.56. The zero-order valence-corrected chi connectivity index (χ0v) is 21.6. The van der Waals surface area contributed by atoms with E-state index >= 15 is 4.39 Å². The van der Waals surface area contributed by atoms with Crippen LogP contribution < -0.4 is 9.46 Å². The molecule has 4 aromatic heterocycles. The minimum Gasteiger partial charge on any atom is -0.619 e. The first-order chi connectivity index (χ1) is 19.4. The highest BCUT2D eigenvalue weighted by molar-refractivity contribution is 6.31. The number of likely N-dealkylation sites (tertiary alicyclic amines) is 1. The average molecular weight is 562 g/mol. The van der Waals surface area contributed by atoms with Crippen LogP contribution in [-0.2, 0) is 4.79 Å². The third-order valence-electron chi connectivity index (χ3n) is 6.86. The van der Waals surface area contributed by atoms with Crippen molar-refractivity contribution in [3.63, 3.8) is 0 Å². The number of hydrogen-bond acceptors (Lipinski definition) is 7. The molecule has 0 unspecified atom stereocenters. The summed E-state index contributed by atoms with van der Waals surface area (Å²) in [5.74, 6) is -0.720. The Balaban J connectivity index is 1.41. The van der Waals surface area contributed by atoms with Gasteiger partial charge in [-0.1, -0.05) is 11.6 Å². The maximum atomic E-state index is 15.3. The Bertz CT molecular complexity index is 1690. The molecule has 5 aromatic rings. The molecule has 0 bridgehead atoms. The van der Waals surface area contributed by atoms with Crippen LogP contribution in [0.1, 0.15) is 24.6 Å². The zero-order valence-electron chi connectivity index (χ0n) is 20.8. The van der Waals surface area contributed by atoms with Crippen molar-refractivity contribution >= 4 is 17.5 Å². The van der Waals surface area contributed by atoms with Gasteiger partial charge >= 0.3 is 0 Å². The number of halogens is 2. The first-order valence-corrected chi connectivity index (χ1v) is 12.7. The Morgan fingerprint density at radius 1 is 1.07 bits per heavy atom. The van der Waals surface area contributed by atoms with Gasteiger partial charge < -0.3 is 15.3 Å². The first-order valence-electron chi connectivity index (χ1n) is 12.3. The van der Waals surface area contributed by atoms with Gasteiger partial charge in [-0.2, -0.15) is 19.2 Å². The van der Waals surface area contributed by atoms with Gasteiger partial charge in [0.1, 0.15) is 6.33 Å². The molecular weight excluding hydrogens is 541 g/mol. The molecular formula is C26H21ClFN9O3. The number of carbonyl (C=O) groups excluding carboxylic acids is 1. The number of benzene rings is 1. The van der Waals surface area contributed by atoms with Gasteiger partial charge in [-0.15, -0.1) is 5.10 Å². The van der Waals surface area contributed by atoms with Crippen molar-refractivity contribution in [2.24, 2.45) is 0 Å². The molecule has 0 saturated carbocycles. The zero-order chi connectivity index (χ0) is 27.8. The number of rotatable bonds is 7. The average Bonchev–Trinajstić information content (AvgIpc) is 3.73. The molecule has 14 heteroatoms. The molecule has 6 rings (SSSR count). The fourth-order valence-corrected chi connectivity index (χ4v) is 5.01. The quantitative estimate of drug-likeness (QED) is 0.220. The number of amides is 1. The van der Waals surface area contributed by atoms with Crippen LogP contribution in [0.25, 0.3) is 27.9 Å². The molecule has 5 heterocycles. The molecule has 1 saturated heterocycles. The summed E-state index contributed by atoms with van der Waals surface area (Å²) in [7, 11) is 0. The van der Waals surface area contributed by atoms with E-state index < -0.39 is 11.9 Å². The van der Waals surface area contributed by atoms with E-state index in [0.717, 1.165) is 17.5 Å². The maximum absolute atomic E-state index is 15.3. The van der Waals surface area contributed by atoms with Gasteiger partial charge in [0.05, 0.1) is 34.6 Å². The van der Waals surface area contributed by atoms with Crippen LogP contribution in [0.3, 0.4) is 0 Å². The molecule has 202 valence electrons. The third-order valence-corrected chi connectivity index (χ3v) is 7.16. The van der Waals surface area contributed by atoms with E-state index in [1.165, 1.54) is 35.7 Å². The summed E-state index contributed by atoms with van der Waals surface area (Å²) >= 11 is 6.08. The number of pyridine rings is 2. The molecule has 1 fully saturated rings. The van der Waals surface area contributed by atoms with Crippen molar-refractivity contribution < 1.29 is 18.6 Å². The van der Waals surface area contributed by atoms with Gasteiger partial charge in [-0.3, -0.25) is 9.48 Å². The number of aromatic nitrogens is 8. The molecule has 1 amide bonds. The minimum atomic E-state index is -0.722. The highest BCUT2D eigenvalue weighted by atomic mass is 35.5. The lowest BCUT2D eigenvalue weighted by Gasteiger charge is -2.23. The van der Waals surface area contributed by atoms with E-state index in [1.54, 1.807) is 52.3 Å². The Morgan fingerprint density at radius 2 is 1.90 bits per heavy atom. The smallest absolute Gasteiger partial charge is 0.222 e. The maximum Gasteiger partial charge on any atom is 0.222 e. The molecule has 0 N–H and O–H groups in total. The second-order valence-corrected chi connectivity index (χ2v) is 9.70. The van der Waals surface area contributed by atoms with Gasteiger partial charge in [0.25, 0.3) is 0 Å². The number of nitrogens with zero attached hydrogens (tertiary/aromatic N) is 9. The van der Waals surface area contributed by atoms with Crippen molar-refractivity contribution in [1.29, 1.82) is 0 Å². The molecule has 1 aliphatic heterocycles. The topological polar surface area (TPSA) is 136 Å². The monoisotopic (exact) mass is 561 g/mol. The van der Waals surface area contributed by atoms with Crippen LogP contribution in [0.5, 0.6) is 0 Å². The number of carbonyl (C=O) groups is 1. The minimum absolute atomic E-state index is 0.00147. The third kappa shape index (κ3) is 4.71. The molecule has 1 aliphatic rings. The molecule has 0 radical (unpaired) electrons. The van der Waals surface area contributed by atoms with E-state index in [1.807, 2.05) is 0 Å². The number of tetrazole rings is 1. The number of hydrogen-bond donors (Lipinski definition) is 0. The molecule has 12 nitrogen and oxygen atoms in total.